The lowest BCUT2D eigenvalue weighted by atomic mass is 10.0. The first-order valence-electron chi connectivity index (χ1n) is 5.39. The van der Waals surface area contributed by atoms with E-state index in [-0.39, 0.29) is 5.69 Å². The fourth-order valence-corrected chi connectivity index (χ4v) is 1.94. The number of amides is 1. The lowest BCUT2D eigenvalue weighted by molar-refractivity contribution is 0.209. The van der Waals surface area contributed by atoms with Crippen LogP contribution in [0.25, 0.3) is 11.1 Å². The highest BCUT2D eigenvalue weighted by Gasteiger charge is 2.11. The number of halogens is 2. The molecule has 0 radical (unpaired) electrons. The quantitative estimate of drug-likeness (QED) is 0.819. The first-order valence-corrected chi connectivity index (χ1v) is 5.77. The van der Waals surface area contributed by atoms with E-state index in [9.17, 15) is 9.18 Å². The first kappa shape index (κ1) is 13.3. The lowest BCUT2D eigenvalue weighted by Gasteiger charge is -2.10. The van der Waals surface area contributed by atoms with Crippen LogP contribution in [0.4, 0.5) is 14.9 Å². The molecule has 2 N–H and O–H groups in total. The number of aryl methyl sites for hydroxylation is 1. The normalized spacial score (nSPS) is 10.3. The van der Waals surface area contributed by atoms with Crippen molar-refractivity contribution in [3.05, 3.63) is 47.0 Å². The summed E-state index contributed by atoms with van der Waals surface area (Å²) < 4.78 is 13.6. The molecule has 0 aliphatic rings. The molecular weight excluding hydrogens is 271 g/mol. The minimum absolute atomic E-state index is 0.0963. The number of pyridine rings is 1. The molecule has 0 saturated carbocycles. The predicted octanol–water partition coefficient (Wildman–Crippen LogP) is 3.94. The van der Waals surface area contributed by atoms with Crippen LogP contribution in [0.1, 0.15) is 5.56 Å². The Labute approximate surface area is 113 Å². The minimum atomic E-state index is -1.32. The Morgan fingerprint density at radius 1 is 1.42 bits per heavy atom. The summed E-state index contributed by atoms with van der Waals surface area (Å²) in [4.78, 5) is 14.5. The summed E-state index contributed by atoms with van der Waals surface area (Å²) in [5.74, 6) is -0.621. The summed E-state index contributed by atoms with van der Waals surface area (Å²) in [5, 5.41) is 11.0. The number of carboxylic acid groups (broad SMARTS) is 1. The zero-order chi connectivity index (χ0) is 14.0. The smallest absolute Gasteiger partial charge is 0.409 e. The van der Waals surface area contributed by atoms with Crippen LogP contribution in [-0.2, 0) is 0 Å². The number of anilines is 1. The topological polar surface area (TPSA) is 62.2 Å². The van der Waals surface area contributed by atoms with Gasteiger partial charge in [-0.3, -0.25) is 5.32 Å². The number of hydrogen-bond acceptors (Lipinski definition) is 2. The van der Waals surface area contributed by atoms with Gasteiger partial charge in [0.25, 0.3) is 0 Å². The highest BCUT2D eigenvalue weighted by Crippen LogP contribution is 2.29. The molecule has 0 aliphatic heterocycles. The van der Waals surface area contributed by atoms with Crippen molar-refractivity contribution >= 4 is 23.4 Å². The molecule has 19 heavy (non-hydrogen) atoms. The van der Waals surface area contributed by atoms with Crippen LogP contribution >= 0.6 is 11.6 Å². The van der Waals surface area contributed by atoms with Gasteiger partial charge in [-0.15, -0.1) is 0 Å². The third-order valence-electron chi connectivity index (χ3n) is 2.59. The Hall–Kier alpha value is -2.14. The van der Waals surface area contributed by atoms with Gasteiger partial charge in [0.1, 0.15) is 11.0 Å². The summed E-state index contributed by atoms with van der Waals surface area (Å²) >= 11 is 5.81. The van der Waals surface area contributed by atoms with Crippen LogP contribution in [0.3, 0.4) is 0 Å². The third-order valence-corrected chi connectivity index (χ3v) is 2.80. The molecule has 1 heterocycles. The van der Waals surface area contributed by atoms with E-state index in [0.717, 1.165) is 5.56 Å². The molecular formula is C13H10ClFN2O2. The average Bonchev–Trinajstić information content (AvgIpc) is 2.32. The Kier molecular flexibility index (Phi) is 3.66. The number of rotatable bonds is 2. The maximum absolute atomic E-state index is 13.6. The molecule has 6 heteroatoms. The van der Waals surface area contributed by atoms with Gasteiger partial charge >= 0.3 is 6.09 Å². The number of hydrogen-bond donors (Lipinski definition) is 2. The van der Waals surface area contributed by atoms with Crippen molar-refractivity contribution in [1.29, 1.82) is 0 Å². The molecule has 0 unspecified atom stereocenters. The monoisotopic (exact) mass is 280 g/mol. The molecule has 1 amide bonds. The molecule has 0 aliphatic carbocycles. The molecule has 98 valence electrons. The van der Waals surface area contributed by atoms with Crippen molar-refractivity contribution in [2.45, 2.75) is 6.92 Å². The predicted molar refractivity (Wildman–Crippen MR) is 71.0 cm³/mol. The standard InChI is InChI=1S/C13H10ClFN2O2/c1-7-4-10(15)11(17-13(18)19)6-9(7)8-2-3-16-12(14)5-8/h2-6,17H,1H3,(H,18,19). The van der Waals surface area contributed by atoms with Crippen LogP contribution in [-0.4, -0.2) is 16.2 Å². The second-order valence-electron chi connectivity index (χ2n) is 3.94. The Balaban J connectivity index is 2.54. The van der Waals surface area contributed by atoms with E-state index in [4.69, 9.17) is 16.7 Å². The fraction of sp³-hybridized carbons (Fsp3) is 0.0769. The SMILES string of the molecule is Cc1cc(F)c(NC(=O)O)cc1-c1ccnc(Cl)c1. The molecule has 0 saturated heterocycles. The van der Waals surface area contributed by atoms with Gasteiger partial charge in [-0.2, -0.15) is 0 Å². The largest absolute Gasteiger partial charge is 0.465 e. The zero-order valence-corrected chi connectivity index (χ0v) is 10.7. The van der Waals surface area contributed by atoms with Crippen molar-refractivity contribution in [3.8, 4) is 11.1 Å². The highest BCUT2D eigenvalue weighted by atomic mass is 35.5. The van der Waals surface area contributed by atoms with Crippen LogP contribution in [0.15, 0.2) is 30.5 Å². The fourth-order valence-electron chi connectivity index (χ4n) is 1.76. The van der Waals surface area contributed by atoms with Crippen molar-refractivity contribution in [2.75, 3.05) is 5.32 Å². The van der Waals surface area contributed by atoms with E-state index >= 15 is 0 Å². The number of nitrogens with one attached hydrogen (secondary N) is 1. The van der Waals surface area contributed by atoms with Crippen molar-refractivity contribution < 1.29 is 14.3 Å². The molecule has 4 nitrogen and oxygen atoms in total. The zero-order valence-electron chi connectivity index (χ0n) is 9.95. The van der Waals surface area contributed by atoms with Crippen molar-refractivity contribution in [2.24, 2.45) is 0 Å². The van der Waals surface area contributed by atoms with E-state index in [0.29, 0.717) is 16.3 Å². The number of carbonyl (C=O) groups is 1. The Morgan fingerprint density at radius 3 is 2.79 bits per heavy atom. The van der Waals surface area contributed by atoms with Gasteiger partial charge in [-0.05, 0) is 47.9 Å². The number of nitrogens with zero attached hydrogens (tertiary/aromatic N) is 1. The number of aromatic nitrogens is 1. The van der Waals surface area contributed by atoms with Crippen LogP contribution < -0.4 is 5.32 Å². The lowest BCUT2D eigenvalue weighted by Crippen LogP contribution is -2.09. The molecule has 0 spiro atoms. The molecule has 0 atom stereocenters. The van der Waals surface area contributed by atoms with Crippen LogP contribution in [0.2, 0.25) is 5.15 Å². The average molecular weight is 281 g/mol. The first-order chi connectivity index (χ1) is 8.97. The Bertz CT molecular complexity index is 647. The summed E-state index contributed by atoms with van der Waals surface area (Å²) in [7, 11) is 0. The molecule has 2 aromatic rings. The van der Waals surface area contributed by atoms with Gasteiger partial charge in [-0.25, -0.2) is 14.2 Å². The summed E-state index contributed by atoms with van der Waals surface area (Å²) in [5.41, 5.74) is 2.01. The Morgan fingerprint density at radius 2 is 2.16 bits per heavy atom. The van der Waals surface area contributed by atoms with E-state index < -0.39 is 11.9 Å². The summed E-state index contributed by atoms with van der Waals surface area (Å²) in [6, 6.07) is 6.06. The van der Waals surface area contributed by atoms with Crippen molar-refractivity contribution in [3.63, 3.8) is 0 Å². The van der Waals surface area contributed by atoms with Gasteiger partial charge in [0, 0.05) is 6.20 Å². The highest BCUT2D eigenvalue weighted by molar-refractivity contribution is 6.29. The van der Waals surface area contributed by atoms with Gasteiger partial charge in [-0.1, -0.05) is 11.6 Å². The molecule has 0 bridgehead atoms. The van der Waals surface area contributed by atoms with E-state index in [1.807, 2.05) is 5.32 Å². The van der Waals surface area contributed by atoms with Crippen LogP contribution in [0, 0.1) is 12.7 Å². The van der Waals surface area contributed by atoms with Gasteiger partial charge in [0.2, 0.25) is 0 Å². The van der Waals surface area contributed by atoms with Gasteiger partial charge in [0.05, 0.1) is 5.69 Å². The third kappa shape index (κ3) is 3.00. The number of benzene rings is 1. The maximum Gasteiger partial charge on any atom is 0.409 e. The molecule has 0 fully saturated rings. The van der Waals surface area contributed by atoms with Crippen molar-refractivity contribution in [1.82, 2.24) is 4.98 Å². The molecule has 1 aromatic carbocycles. The summed E-state index contributed by atoms with van der Waals surface area (Å²) in [6.45, 7) is 1.73. The second-order valence-corrected chi connectivity index (χ2v) is 4.33. The van der Waals surface area contributed by atoms with Gasteiger partial charge < -0.3 is 5.11 Å². The van der Waals surface area contributed by atoms with E-state index in [1.165, 1.54) is 18.3 Å². The van der Waals surface area contributed by atoms with Gasteiger partial charge in [0.15, 0.2) is 0 Å². The summed E-state index contributed by atoms with van der Waals surface area (Å²) in [6.07, 6.45) is 0.214. The maximum atomic E-state index is 13.6. The molecule has 2 rings (SSSR count). The second kappa shape index (κ2) is 5.24. The van der Waals surface area contributed by atoms with Crippen LogP contribution in [0.5, 0.6) is 0 Å². The van der Waals surface area contributed by atoms with E-state index in [1.54, 1.807) is 19.1 Å². The minimum Gasteiger partial charge on any atom is -0.465 e. The molecule has 1 aromatic heterocycles. The van der Waals surface area contributed by atoms with E-state index in [2.05, 4.69) is 4.98 Å².